The van der Waals surface area contributed by atoms with Crippen LogP contribution in [0.15, 0.2) is 65.6 Å². The highest BCUT2D eigenvalue weighted by molar-refractivity contribution is 7.89. The average Bonchev–Trinajstić information content (AvgIpc) is 2.83. The van der Waals surface area contributed by atoms with E-state index in [2.05, 4.69) is 11.0 Å². The maximum atomic E-state index is 13.5. The van der Waals surface area contributed by atoms with E-state index >= 15 is 0 Å². The number of fused-ring (bicyclic) bond motifs is 2. The topological polar surface area (TPSA) is 59.1 Å². The molecule has 31 heavy (non-hydrogen) atoms. The summed E-state index contributed by atoms with van der Waals surface area (Å²) in [5.41, 5.74) is 2.18. The first-order chi connectivity index (χ1) is 15.1. The zero-order chi connectivity index (χ0) is 21.4. The highest BCUT2D eigenvalue weighted by atomic mass is 32.2. The van der Waals surface area contributed by atoms with Crippen LogP contribution in [0.2, 0.25) is 0 Å². The molecule has 5 rings (SSSR count). The summed E-state index contributed by atoms with van der Waals surface area (Å²) in [6, 6.07) is 19.3. The number of methoxy groups -OCH3 is 1. The predicted octanol–water partition coefficient (Wildman–Crippen LogP) is 4.00. The van der Waals surface area contributed by atoms with Crippen molar-refractivity contribution in [2.75, 3.05) is 31.8 Å². The Labute approximate surface area is 183 Å². The largest absolute Gasteiger partial charge is 0.495 e. The second-order valence-electron chi connectivity index (χ2n) is 8.03. The summed E-state index contributed by atoms with van der Waals surface area (Å²) < 4.78 is 39.9. The quantitative estimate of drug-likeness (QED) is 0.616. The van der Waals surface area contributed by atoms with Crippen molar-refractivity contribution < 1.29 is 17.9 Å². The van der Waals surface area contributed by atoms with Gasteiger partial charge in [0.1, 0.15) is 12.5 Å². The normalized spacial score (nSPS) is 18.2. The second kappa shape index (κ2) is 8.15. The summed E-state index contributed by atoms with van der Waals surface area (Å²) in [6.45, 7) is 2.03. The summed E-state index contributed by atoms with van der Waals surface area (Å²) in [6.07, 6.45) is 1.48. The third kappa shape index (κ3) is 3.56. The molecule has 1 saturated heterocycles. The third-order valence-corrected chi connectivity index (χ3v) is 8.27. The van der Waals surface area contributed by atoms with Crippen LogP contribution in [-0.4, -0.2) is 45.7 Å². The zero-order valence-corrected chi connectivity index (χ0v) is 18.3. The molecule has 0 amide bonds. The number of hydrogen-bond acceptors (Lipinski definition) is 5. The lowest BCUT2D eigenvalue weighted by Crippen LogP contribution is -2.48. The van der Waals surface area contributed by atoms with Gasteiger partial charge < -0.3 is 14.4 Å². The van der Waals surface area contributed by atoms with Crippen molar-refractivity contribution in [1.29, 1.82) is 0 Å². The fourth-order valence-electron chi connectivity index (χ4n) is 4.74. The molecule has 2 aliphatic heterocycles. The molecule has 0 aliphatic carbocycles. The van der Waals surface area contributed by atoms with Gasteiger partial charge in [0.05, 0.1) is 24.3 Å². The highest BCUT2D eigenvalue weighted by Gasteiger charge is 2.35. The number of benzene rings is 3. The van der Waals surface area contributed by atoms with Gasteiger partial charge in [0, 0.05) is 30.1 Å². The molecule has 0 saturated carbocycles. The molecule has 2 aliphatic rings. The van der Waals surface area contributed by atoms with E-state index in [9.17, 15) is 8.42 Å². The van der Waals surface area contributed by atoms with Crippen molar-refractivity contribution in [3.05, 3.63) is 66.2 Å². The van der Waals surface area contributed by atoms with Gasteiger partial charge in [0.15, 0.2) is 0 Å². The number of rotatable bonds is 4. The van der Waals surface area contributed by atoms with Gasteiger partial charge in [0.25, 0.3) is 0 Å². The second-order valence-corrected chi connectivity index (χ2v) is 9.93. The van der Waals surface area contributed by atoms with E-state index in [1.165, 1.54) is 0 Å². The van der Waals surface area contributed by atoms with Crippen molar-refractivity contribution in [1.82, 2.24) is 4.31 Å². The Hall–Kier alpha value is -2.61. The van der Waals surface area contributed by atoms with Crippen molar-refractivity contribution in [3.8, 4) is 5.75 Å². The molecule has 1 fully saturated rings. The van der Waals surface area contributed by atoms with Crippen LogP contribution >= 0.6 is 0 Å². The number of hydrogen-bond donors (Lipinski definition) is 0. The molecule has 3 aromatic rings. The van der Waals surface area contributed by atoms with Crippen LogP contribution in [0.25, 0.3) is 10.8 Å². The van der Waals surface area contributed by atoms with E-state index in [0.717, 1.165) is 40.6 Å². The van der Waals surface area contributed by atoms with Gasteiger partial charge in [0.2, 0.25) is 10.0 Å². The van der Waals surface area contributed by atoms with Crippen LogP contribution in [0.4, 0.5) is 5.69 Å². The molecule has 2 heterocycles. The zero-order valence-electron chi connectivity index (χ0n) is 17.5. The van der Waals surface area contributed by atoms with Crippen LogP contribution in [0.5, 0.6) is 5.75 Å². The van der Waals surface area contributed by atoms with Crippen LogP contribution in [0, 0.1) is 0 Å². The molecule has 0 radical (unpaired) electrons. The Kier molecular flexibility index (Phi) is 5.33. The van der Waals surface area contributed by atoms with Crippen molar-refractivity contribution in [2.45, 2.75) is 30.4 Å². The van der Waals surface area contributed by atoms with Gasteiger partial charge in [-0.05, 0) is 30.4 Å². The first kappa shape index (κ1) is 20.3. The molecule has 3 aromatic carbocycles. The van der Waals surface area contributed by atoms with Gasteiger partial charge in [-0.15, -0.1) is 0 Å². The Morgan fingerprint density at radius 2 is 1.71 bits per heavy atom. The minimum absolute atomic E-state index is 0.203. The van der Waals surface area contributed by atoms with E-state index in [0.29, 0.717) is 31.3 Å². The van der Waals surface area contributed by atoms with Crippen molar-refractivity contribution in [2.24, 2.45) is 0 Å². The first-order valence-electron chi connectivity index (χ1n) is 10.6. The van der Waals surface area contributed by atoms with Gasteiger partial charge in [-0.3, -0.25) is 0 Å². The fraction of sp³-hybridized carbons (Fsp3) is 0.333. The molecule has 0 spiro atoms. The predicted molar refractivity (Wildman–Crippen MR) is 121 cm³/mol. The molecule has 0 atom stereocenters. The van der Waals surface area contributed by atoms with Crippen molar-refractivity contribution in [3.63, 3.8) is 0 Å². The number of ether oxygens (including phenoxy) is 2. The number of piperidine rings is 1. The Bertz CT molecular complexity index is 1180. The third-order valence-electron chi connectivity index (χ3n) is 6.31. The molecule has 0 aromatic heterocycles. The Morgan fingerprint density at radius 3 is 2.52 bits per heavy atom. The number of para-hydroxylation sites is 1. The molecular formula is C24H26N2O4S. The number of nitrogens with zero attached hydrogens (tertiary/aromatic N) is 2. The van der Waals surface area contributed by atoms with Gasteiger partial charge >= 0.3 is 0 Å². The molecule has 6 nitrogen and oxygen atoms in total. The van der Waals surface area contributed by atoms with Gasteiger partial charge in [-0.1, -0.05) is 48.5 Å². The molecule has 0 unspecified atom stereocenters. The molecule has 7 heteroatoms. The summed E-state index contributed by atoms with van der Waals surface area (Å²) in [7, 11) is -1.87. The Morgan fingerprint density at radius 1 is 0.968 bits per heavy atom. The minimum atomic E-state index is -3.56. The summed E-state index contributed by atoms with van der Waals surface area (Å²) in [4.78, 5) is 2.62. The maximum absolute atomic E-state index is 13.5. The van der Waals surface area contributed by atoms with Crippen LogP contribution < -0.4 is 9.64 Å². The average molecular weight is 439 g/mol. The summed E-state index contributed by atoms with van der Waals surface area (Å²) >= 11 is 0. The van der Waals surface area contributed by atoms with Crippen molar-refractivity contribution >= 4 is 26.5 Å². The van der Waals surface area contributed by atoms with E-state index < -0.39 is 10.0 Å². The molecule has 0 N–H and O–H groups in total. The highest BCUT2D eigenvalue weighted by Crippen LogP contribution is 2.39. The number of anilines is 1. The molecule has 162 valence electrons. The molecular weight excluding hydrogens is 412 g/mol. The first-order valence-corrected chi connectivity index (χ1v) is 12.0. The van der Waals surface area contributed by atoms with Crippen LogP contribution in [0.3, 0.4) is 0 Å². The lowest BCUT2D eigenvalue weighted by Gasteiger charge is -2.42. The van der Waals surface area contributed by atoms with Gasteiger partial charge in [-0.2, -0.15) is 4.31 Å². The lowest BCUT2D eigenvalue weighted by atomic mass is 10.0. The van der Waals surface area contributed by atoms with Crippen LogP contribution in [0.1, 0.15) is 18.4 Å². The lowest BCUT2D eigenvalue weighted by molar-refractivity contribution is 0.0979. The van der Waals surface area contributed by atoms with E-state index in [4.69, 9.17) is 9.47 Å². The van der Waals surface area contributed by atoms with E-state index in [1.807, 2.05) is 48.5 Å². The number of sulfonamides is 1. The smallest absolute Gasteiger partial charge is 0.243 e. The standard InChI is InChI=1S/C24H26N2O4S/c1-29-22-10-4-8-19-16-30-17-26(24(19)22)20-12-14-25(15-13-20)31(27,28)23-11-5-7-18-6-2-3-9-21(18)23/h2-11,20H,12-17H2,1H3. The Balaban J connectivity index is 1.38. The van der Waals surface area contributed by atoms with E-state index in [-0.39, 0.29) is 6.04 Å². The summed E-state index contributed by atoms with van der Waals surface area (Å²) in [5.74, 6) is 0.839. The maximum Gasteiger partial charge on any atom is 0.243 e. The monoisotopic (exact) mass is 438 g/mol. The van der Waals surface area contributed by atoms with E-state index in [1.54, 1.807) is 17.5 Å². The summed E-state index contributed by atoms with van der Waals surface area (Å²) in [5, 5.41) is 1.71. The van der Waals surface area contributed by atoms with Crippen LogP contribution in [-0.2, 0) is 21.4 Å². The molecule has 0 bridgehead atoms. The van der Waals surface area contributed by atoms with Gasteiger partial charge in [-0.25, -0.2) is 8.42 Å². The fourth-order valence-corrected chi connectivity index (χ4v) is 6.42. The SMILES string of the molecule is COc1cccc2c1N(C1CCN(S(=O)(=O)c3cccc4ccccc34)CC1)COC2. The minimum Gasteiger partial charge on any atom is -0.495 e.